The summed E-state index contributed by atoms with van der Waals surface area (Å²) in [5.41, 5.74) is 1.91. The minimum atomic E-state index is -0.540. The van der Waals surface area contributed by atoms with E-state index in [1.165, 1.54) is 0 Å². The lowest BCUT2D eigenvalue weighted by Crippen LogP contribution is -2.27. The topological polar surface area (TPSA) is 66.8 Å². The molecule has 0 radical (unpaired) electrons. The van der Waals surface area contributed by atoms with E-state index in [4.69, 9.17) is 14.2 Å². The van der Waals surface area contributed by atoms with Gasteiger partial charge in [-0.05, 0) is 63.6 Å². The van der Waals surface area contributed by atoms with Crippen LogP contribution < -0.4 is 4.74 Å². The van der Waals surface area contributed by atoms with Crippen molar-refractivity contribution in [2.45, 2.75) is 39.8 Å². The Bertz CT molecular complexity index is 1050. The third-order valence-electron chi connectivity index (χ3n) is 4.37. The molecule has 0 aliphatic rings. The van der Waals surface area contributed by atoms with Crippen LogP contribution in [0.5, 0.6) is 5.75 Å². The number of aromatic nitrogens is 1. The number of ether oxygens (including phenoxy) is 3. The van der Waals surface area contributed by atoms with Gasteiger partial charge in [0.25, 0.3) is 0 Å². The largest absolute Gasteiger partial charge is 0.482 e. The molecule has 6 nitrogen and oxygen atoms in total. The molecule has 158 valence electrons. The Kier molecular flexibility index (Phi) is 6.45. The fourth-order valence-electron chi connectivity index (χ4n) is 3.17. The van der Waals surface area contributed by atoms with Gasteiger partial charge in [0, 0.05) is 23.6 Å². The van der Waals surface area contributed by atoms with Gasteiger partial charge in [0.1, 0.15) is 11.4 Å². The lowest BCUT2D eigenvalue weighted by molar-refractivity contribution is -0.157. The van der Waals surface area contributed by atoms with Gasteiger partial charge in [0.05, 0.1) is 12.2 Å². The Balaban J connectivity index is 1.74. The summed E-state index contributed by atoms with van der Waals surface area (Å²) >= 11 is 0. The molecule has 2 aromatic carbocycles. The number of esters is 2. The first-order valence-electron chi connectivity index (χ1n) is 9.95. The van der Waals surface area contributed by atoms with Gasteiger partial charge in [0.2, 0.25) is 0 Å². The summed E-state index contributed by atoms with van der Waals surface area (Å²) in [5.74, 6) is -0.129. The van der Waals surface area contributed by atoms with Gasteiger partial charge in [-0.15, -0.1) is 0 Å². The number of carbonyl (C=O) groups excluding carboxylic acids is 2. The molecule has 0 aliphatic heterocycles. The Morgan fingerprint density at radius 2 is 1.80 bits per heavy atom. The number of fused-ring (bicyclic) bond motifs is 1. The predicted octanol–water partition coefficient (Wildman–Crippen LogP) is 4.59. The molecule has 0 amide bonds. The van der Waals surface area contributed by atoms with Gasteiger partial charge >= 0.3 is 11.9 Å². The maximum Gasteiger partial charge on any atom is 0.344 e. The molecule has 3 aromatic rings. The second kappa shape index (κ2) is 9.03. The number of carbonyl (C=O) groups is 2. The van der Waals surface area contributed by atoms with Crippen molar-refractivity contribution in [3.05, 3.63) is 65.9 Å². The summed E-state index contributed by atoms with van der Waals surface area (Å²) in [6.45, 7) is 7.99. The molecule has 6 heteroatoms. The van der Waals surface area contributed by atoms with E-state index in [0.29, 0.717) is 24.5 Å². The molecule has 30 heavy (non-hydrogen) atoms. The van der Waals surface area contributed by atoms with Crippen LogP contribution in [0.1, 0.15) is 43.6 Å². The summed E-state index contributed by atoms with van der Waals surface area (Å²) in [5, 5.41) is 0.977. The maximum atomic E-state index is 12.2. The first-order chi connectivity index (χ1) is 14.3. The number of hydrogen-bond donors (Lipinski definition) is 0. The monoisotopic (exact) mass is 409 g/mol. The van der Waals surface area contributed by atoms with Crippen molar-refractivity contribution in [2.75, 3.05) is 13.2 Å². The molecule has 0 saturated carbocycles. The number of hydrogen-bond acceptors (Lipinski definition) is 5. The Hall–Kier alpha value is -3.28. The molecular formula is C24H27NO5. The molecule has 0 saturated heterocycles. The zero-order chi connectivity index (χ0) is 21.7. The van der Waals surface area contributed by atoms with Crippen LogP contribution in [0.3, 0.4) is 0 Å². The van der Waals surface area contributed by atoms with E-state index in [1.54, 1.807) is 13.0 Å². The van der Waals surface area contributed by atoms with Crippen LogP contribution in [0.4, 0.5) is 0 Å². The Labute approximate surface area is 176 Å². The van der Waals surface area contributed by atoms with Crippen molar-refractivity contribution in [1.29, 1.82) is 0 Å². The maximum absolute atomic E-state index is 12.2. The van der Waals surface area contributed by atoms with Crippen LogP contribution in [0.2, 0.25) is 0 Å². The van der Waals surface area contributed by atoms with Crippen molar-refractivity contribution in [3.8, 4) is 5.75 Å². The van der Waals surface area contributed by atoms with Crippen molar-refractivity contribution >= 4 is 22.8 Å². The molecule has 0 spiro atoms. The molecule has 0 N–H and O–H groups in total. The second-order valence-electron chi connectivity index (χ2n) is 7.92. The van der Waals surface area contributed by atoms with E-state index in [0.717, 1.165) is 16.5 Å². The smallest absolute Gasteiger partial charge is 0.344 e. The number of nitrogens with zero attached hydrogens (tertiary/aromatic N) is 1. The second-order valence-corrected chi connectivity index (χ2v) is 7.92. The number of benzene rings is 2. The van der Waals surface area contributed by atoms with Gasteiger partial charge in [0.15, 0.2) is 6.61 Å². The summed E-state index contributed by atoms with van der Waals surface area (Å²) < 4.78 is 18.1. The summed E-state index contributed by atoms with van der Waals surface area (Å²) in [7, 11) is 0. The predicted molar refractivity (Wildman–Crippen MR) is 115 cm³/mol. The van der Waals surface area contributed by atoms with Gasteiger partial charge in [-0.3, -0.25) is 0 Å². The lowest BCUT2D eigenvalue weighted by atomic mass is 10.1. The van der Waals surface area contributed by atoms with Crippen molar-refractivity contribution in [1.82, 2.24) is 4.57 Å². The SMILES string of the molecule is CCOC(=O)c1ccccc1Cn1ccc2cc(OCC(=O)OC(C)(C)C)ccc21. The normalized spacial score (nSPS) is 11.3. The van der Waals surface area contributed by atoms with Crippen LogP contribution in [0.25, 0.3) is 10.9 Å². The molecule has 1 aromatic heterocycles. The van der Waals surface area contributed by atoms with Gasteiger partial charge in [-0.1, -0.05) is 18.2 Å². The summed E-state index contributed by atoms with van der Waals surface area (Å²) in [4.78, 5) is 24.1. The van der Waals surface area contributed by atoms with Crippen LogP contribution in [-0.2, 0) is 20.8 Å². The Morgan fingerprint density at radius 3 is 2.53 bits per heavy atom. The molecule has 0 aliphatic carbocycles. The third-order valence-corrected chi connectivity index (χ3v) is 4.37. The molecule has 0 fully saturated rings. The van der Waals surface area contributed by atoms with Crippen molar-refractivity contribution < 1.29 is 23.8 Å². The van der Waals surface area contributed by atoms with Crippen molar-refractivity contribution in [2.24, 2.45) is 0 Å². The average Bonchev–Trinajstić information content (AvgIpc) is 3.08. The highest BCUT2D eigenvalue weighted by molar-refractivity contribution is 5.91. The van der Waals surface area contributed by atoms with E-state index in [9.17, 15) is 9.59 Å². The molecular weight excluding hydrogens is 382 g/mol. The van der Waals surface area contributed by atoms with E-state index in [1.807, 2.05) is 69.4 Å². The highest BCUT2D eigenvalue weighted by Gasteiger charge is 2.17. The van der Waals surface area contributed by atoms with E-state index in [-0.39, 0.29) is 12.6 Å². The Morgan fingerprint density at radius 1 is 1.03 bits per heavy atom. The highest BCUT2D eigenvalue weighted by atomic mass is 16.6. The highest BCUT2D eigenvalue weighted by Crippen LogP contribution is 2.24. The molecule has 0 unspecified atom stereocenters. The molecule has 1 heterocycles. The van der Waals surface area contributed by atoms with E-state index < -0.39 is 11.6 Å². The molecule has 3 rings (SSSR count). The van der Waals surface area contributed by atoms with Crippen molar-refractivity contribution in [3.63, 3.8) is 0 Å². The van der Waals surface area contributed by atoms with Gasteiger partial charge in [-0.2, -0.15) is 0 Å². The van der Waals surface area contributed by atoms with E-state index in [2.05, 4.69) is 4.57 Å². The minimum absolute atomic E-state index is 0.142. The zero-order valence-corrected chi connectivity index (χ0v) is 17.8. The van der Waals surface area contributed by atoms with Gasteiger partial charge < -0.3 is 18.8 Å². The van der Waals surface area contributed by atoms with Crippen LogP contribution in [0, 0.1) is 0 Å². The fraction of sp³-hybridized carbons (Fsp3) is 0.333. The first-order valence-corrected chi connectivity index (χ1v) is 9.95. The van der Waals surface area contributed by atoms with Crippen LogP contribution in [-0.4, -0.2) is 35.3 Å². The number of rotatable bonds is 7. The summed E-state index contributed by atoms with van der Waals surface area (Å²) in [6, 6.07) is 15.1. The molecule has 0 atom stereocenters. The average molecular weight is 409 g/mol. The van der Waals surface area contributed by atoms with E-state index >= 15 is 0 Å². The van der Waals surface area contributed by atoms with Gasteiger partial charge in [-0.25, -0.2) is 9.59 Å². The van der Waals surface area contributed by atoms with Crippen LogP contribution in [0.15, 0.2) is 54.7 Å². The first kappa shape index (κ1) is 21.4. The minimum Gasteiger partial charge on any atom is -0.482 e. The third kappa shape index (κ3) is 5.41. The molecule has 0 bridgehead atoms. The van der Waals surface area contributed by atoms with Crippen LogP contribution >= 0.6 is 0 Å². The summed E-state index contributed by atoms with van der Waals surface area (Å²) in [6.07, 6.45) is 1.96. The quantitative estimate of drug-likeness (QED) is 0.534. The standard InChI is InChI=1S/C24H27NO5/c1-5-28-23(27)20-9-7-6-8-18(20)15-25-13-12-17-14-19(10-11-21(17)25)29-16-22(26)30-24(2,3)4/h6-14H,5,15-16H2,1-4H3. The zero-order valence-electron chi connectivity index (χ0n) is 17.8. The lowest BCUT2D eigenvalue weighted by Gasteiger charge is -2.19. The fourth-order valence-corrected chi connectivity index (χ4v) is 3.17.